The molecule has 11 rings (SSSR count). The highest BCUT2D eigenvalue weighted by molar-refractivity contribution is 7.23. The fourth-order valence-electron chi connectivity index (χ4n) is 14.9. The summed E-state index contributed by atoms with van der Waals surface area (Å²) in [7, 11) is 0. The number of guanidine groups is 1. The molecular weight excluding hydrogens is 933 g/mol. The molecule has 0 amide bonds. The lowest BCUT2D eigenvalue weighted by atomic mass is 9.57. The summed E-state index contributed by atoms with van der Waals surface area (Å²) in [6.07, 6.45) is 18.6. The Kier molecular flexibility index (Phi) is 13.7. The summed E-state index contributed by atoms with van der Waals surface area (Å²) in [5, 5.41) is 42.7. The van der Waals surface area contributed by atoms with E-state index in [0.717, 1.165) is 106 Å². The van der Waals surface area contributed by atoms with E-state index in [9.17, 15) is 15.3 Å². The lowest BCUT2D eigenvalue weighted by Crippen LogP contribution is -2.45. The summed E-state index contributed by atoms with van der Waals surface area (Å²) in [6, 6.07) is 18.6. The van der Waals surface area contributed by atoms with E-state index in [1.54, 1.807) is 35.1 Å². The number of aromatic nitrogens is 2. The van der Waals surface area contributed by atoms with Gasteiger partial charge in [0.05, 0.1) is 39.0 Å². The van der Waals surface area contributed by atoms with Gasteiger partial charge in [0.1, 0.15) is 5.75 Å². The molecule has 1 aliphatic heterocycles. The van der Waals surface area contributed by atoms with Crippen LogP contribution < -0.4 is 16.4 Å². The molecule has 2 aromatic carbocycles. The van der Waals surface area contributed by atoms with Crippen molar-refractivity contribution in [2.24, 2.45) is 51.1 Å². The van der Waals surface area contributed by atoms with Gasteiger partial charge in [-0.05, 0) is 166 Å². The highest BCUT2D eigenvalue weighted by Gasteiger charge is 2.64. The number of nitrogens with two attached hydrogens (primary N) is 1. The zero-order chi connectivity index (χ0) is 49.6. The van der Waals surface area contributed by atoms with Crippen LogP contribution in [-0.2, 0) is 25.7 Å². The van der Waals surface area contributed by atoms with Crippen LogP contribution in [-0.4, -0.2) is 67.9 Å². The van der Waals surface area contributed by atoms with Crippen molar-refractivity contribution < 1.29 is 20.1 Å². The SMILES string of the molecule is CC#Cc1ccc(-c2ccc(C(=O)[C@@H]3CC[C@@H]4C[C@]35C[C@@H]([C@H]3C#Cc6c(cc(O)cc6NC[C@@](C)(O)Cc6cccc(c6Cc6cnc[nH]6)C3)C[C@@H]4N=C(N)NC3CCCCC3)[C@]3(CCC[C@H]3CO)C5)s2)s1. The maximum Gasteiger partial charge on any atom is 0.189 e. The topological polar surface area (TPSA) is 169 Å². The van der Waals surface area contributed by atoms with E-state index in [1.165, 1.54) is 30.4 Å². The van der Waals surface area contributed by atoms with E-state index >= 15 is 4.79 Å². The highest BCUT2D eigenvalue weighted by Crippen LogP contribution is 2.70. The Morgan fingerprint density at radius 1 is 0.986 bits per heavy atom. The van der Waals surface area contributed by atoms with Gasteiger partial charge in [-0.25, -0.2) is 9.98 Å². The number of carbonyl (C=O) groups excluding carboxylic acids is 1. The van der Waals surface area contributed by atoms with Crippen LogP contribution in [0, 0.1) is 64.1 Å². The van der Waals surface area contributed by atoms with Crippen molar-refractivity contribution in [1.82, 2.24) is 15.3 Å². The fourth-order valence-corrected chi connectivity index (χ4v) is 16.9. The third kappa shape index (κ3) is 9.65. The van der Waals surface area contributed by atoms with Gasteiger partial charge in [0.2, 0.25) is 0 Å². The first-order valence-corrected chi connectivity index (χ1v) is 28.3. The van der Waals surface area contributed by atoms with E-state index in [4.69, 9.17) is 10.7 Å². The molecule has 2 spiro atoms. The number of imidazole rings is 1. The second-order valence-corrected chi connectivity index (χ2v) is 24.9. The molecule has 72 heavy (non-hydrogen) atoms. The van der Waals surface area contributed by atoms with Gasteiger partial charge in [0.15, 0.2) is 11.7 Å². The zero-order valence-corrected chi connectivity index (χ0v) is 43.5. The number of hydrogen-bond acceptors (Lipinski definition) is 9. The number of phenolic OH excluding ortho intramolecular Hbond substituents is 1. The van der Waals surface area contributed by atoms with Crippen LogP contribution in [0.1, 0.15) is 145 Å². The average Bonchev–Trinajstić information content (AvgIpc) is 4.23. The number of fused-ring (bicyclic) bond motifs is 7. The van der Waals surface area contributed by atoms with Gasteiger partial charge in [-0.1, -0.05) is 61.6 Å². The molecule has 6 aliphatic rings. The standard InChI is InChI=1S/C60H70N6O4S2/c1-3-9-46-17-20-53(71-46)54-21-22-55(72-54)56(69)49-19-16-40-30-59(49)31-50(60(34-59)23-8-12-42(60)33-67)38-15-18-47-41(26-51(40)66-57(61)65-43-13-5-4-6-14-43)25-45(68)28-52(47)63-35-58(2,70)29-39-11-7-10-37(24-38)48(39)27-44-32-62-36-64-44/h7,10-11,17,20-22,25,28,32,36,38,40,42-43,49-51,63,67-68,70H,4-6,8,12-14,16,19,23-24,26-27,29-31,33-35H2,1-2H3,(H,62,64)(H3,61,65,66)/t38-,40+,42-,49-,50-,51-,58-,59+,60+/m0/s1. The Bertz CT molecular complexity index is 2960. The highest BCUT2D eigenvalue weighted by atomic mass is 32.1. The number of aliphatic hydroxyl groups is 2. The minimum absolute atomic E-state index is 0.0788. The largest absolute Gasteiger partial charge is 0.508 e. The van der Waals surface area contributed by atoms with Gasteiger partial charge in [-0.2, -0.15) is 0 Å². The van der Waals surface area contributed by atoms with Crippen LogP contribution in [0.4, 0.5) is 5.69 Å². The number of phenols is 1. The Morgan fingerprint density at radius 3 is 2.64 bits per heavy atom. The van der Waals surface area contributed by atoms with E-state index in [2.05, 4.69) is 86.7 Å². The number of hydrogen-bond donors (Lipinski definition) is 7. The van der Waals surface area contributed by atoms with Gasteiger partial charge in [-0.3, -0.25) is 4.79 Å². The van der Waals surface area contributed by atoms with Crippen LogP contribution in [0.2, 0.25) is 0 Å². The maximum absolute atomic E-state index is 15.7. The van der Waals surface area contributed by atoms with Crippen LogP contribution in [0.15, 0.2) is 72.1 Å². The summed E-state index contributed by atoms with van der Waals surface area (Å²) in [5.74, 6) is 14.8. The number of nitrogens with zero attached hydrogens (tertiary/aromatic N) is 2. The molecule has 10 nitrogen and oxygen atoms in total. The smallest absolute Gasteiger partial charge is 0.189 e. The predicted molar refractivity (Wildman–Crippen MR) is 289 cm³/mol. The van der Waals surface area contributed by atoms with Crippen molar-refractivity contribution in [3.8, 4) is 39.2 Å². The minimum atomic E-state index is -1.15. The Morgan fingerprint density at radius 2 is 1.82 bits per heavy atom. The lowest BCUT2D eigenvalue weighted by Gasteiger charge is -2.47. The third-order valence-corrected chi connectivity index (χ3v) is 20.3. The molecule has 376 valence electrons. The molecule has 0 unspecified atom stereocenters. The van der Waals surface area contributed by atoms with Crippen LogP contribution in [0.3, 0.4) is 0 Å². The Labute approximate surface area is 433 Å². The molecule has 5 aromatic rings. The first kappa shape index (κ1) is 48.9. The number of ketones is 1. The first-order valence-electron chi connectivity index (χ1n) is 26.7. The molecule has 12 heteroatoms. The number of thiophene rings is 2. The lowest BCUT2D eigenvalue weighted by molar-refractivity contribution is 0.0241. The second-order valence-electron chi connectivity index (χ2n) is 22.7. The fraction of sp³-hybridized carbons (Fsp3) is 0.517. The minimum Gasteiger partial charge on any atom is -0.508 e. The number of Topliss-reactive ketones (excluding diaryl/α,β-unsaturated/α-hetero) is 1. The summed E-state index contributed by atoms with van der Waals surface area (Å²) < 4.78 is 0. The molecule has 0 radical (unpaired) electrons. The van der Waals surface area contributed by atoms with E-state index < -0.39 is 5.60 Å². The molecular formula is C60H70N6O4S2. The number of nitrogens with one attached hydrogen (secondary N) is 3. The first-order chi connectivity index (χ1) is 34.9. The maximum atomic E-state index is 15.7. The van der Waals surface area contributed by atoms with E-state index in [1.807, 2.05) is 26.1 Å². The van der Waals surface area contributed by atoms with Crippen molar-refractivity contribution >= 4 is 40.1 Å². The number of aromatic hydroxyl groups is 1. The Balaban J connectivity index is 1.09. The number of rotatable bonds is 8. The number of H-pyrrole nitrogens is 1. The van der Waals surface area contributed by atoms with Gasteiger partial charge < -0.3 is 36.7 Å². The molecule has 4 heterocycles. The van der Waals surface area contributed by atoms with Gasteiger partial charge in [0, 0.05) is 71.6 Å². The van der Waals surface area contributed by atoms with E-state index in [0.29, 0.717) is 37.3 Å². The van der Waals surface area contributed by atoms with E-state index in [-0.39, 0.29) is 77.2 Å². The van der Waals surface area contributed by atoms with Crippen molar-refractivity contribution in [3.63, 3.8) is 0 Å². The second kappa shape index (κ2) is 20.2. The average molecular weight is 1000 g/mol. The number of β-amino-alcohol motifs (C(OH)–C–C–N with tert-alkyl or cyclic N) is 1. The number of anilines is 1. The van der Waals surface area contributed by atoms with Crippen LogP contribution in [0.5, 0.6) is 5.75 Å². The summed E-state index contributed by atoms with van der Waals surface area (Å²) in [5.41, 5.74) is 12.1. The van der Waals surface area contributed by atoms with Crippen LogP contribution >= 0.6 is 22.7 Å². The molecule has 4 saturated carbocycles. The summed E-state index contributed by atoms with van der Waals surface area (Å²) >= 11 is 3.28. The normalized spacial score (nSPS) is 30.3. The van der Waals surface area contributed by atoms with Crippen molar-refractivity contribution in [3.05, 3.63) is 110 Å². The number of carbonyl (C=O) groups is 1. The molecule has 8 N–H and O–H groups in total. The molecule has 3 aromatic heterocycles. The molecule has 0 saturated heterocycles. The summed E-state index contributed by atoms with van der Waals surface area (Å²) in [4.78, 5) is 33.0. The number of aliphatic imine (C=N–C) groups is 1. The third-order valence-electron chi connectivity index (χ3n) is 18.0. The Hall–Kier alpha value is -5.37. The van der Waals surface area contributed by atoms with Crippen molar-refractivity contribution in [2.75, 3.05) is 18.5 Å². The van der Waals surface area contributed by atoms with Gasteiger partial charge in [-0.15, -0.1) is 28.6 Å². The molecule has 4 fully saturated rings. The number of aromatic amines is 1. The van der Waals surface area contributed by atoms with Crippen LogP contribution in [0.25, 0.3) is 9.75 Å². The van der Waals surface area contributed by atoms with Gasteiger partial charge >= 0.3 is 0 Å². The number of aliphatic hydroxyl groups excluding tert-OH is 1. The molecule has 7 bridgehead atoms. The van der Waals surface area contributed by atoms with Gasteiger partial charge in [0.25, 0.3) is 0 Å². The summed E-state index contributed by atoms with van der Waals surface area (Å²) in [6.45, 7) is 4.08. The quantitative estimate of drug-likeness (QED) is 0.0349. The zero-order valence-electron chi connectivity index (χ0n) is 41.9. The van der Waals surface area contributed by atoms with Crippen molar-refractivity contribution in [2.45, 2.75) is 141 Å². The predicted octanol–water partition coefficient (Wildman–Crippen LogP) is 10.4. The monoisotopic (exact) mass is 1000 g/mol. The number of benzene rings is 2. The van der Waals surface area contributed by atoms with Crippen molar-refractivity contribution in [1.29, 1.82) is 0 Å². The molecule has 5 aliphatic carbocycles. The molecule has 9 atom stereocenters.